The van der Waals surface area contributed by atoms with Gasteiger partial charge in [0.05, 0.1) is 4.92 Å². The zero-order valence-corrected chi connectivity index (χ0v) is 12.0. The molecule has 110 valence electrons. The number of aryl methyl sites for hydroxylation is 1. The maximum absolute atomic E-state index is 12.0. The number of anilines is 1. The molecule has 2 N–H and O–H groups in total. The van der Waals surface area contributed by atoms with E-state index in [4.69, 9.17) is 11.6 Å². The Labute approximate surface area is 125 Å². The molecule has 0 bridgehead atoms. The third kappa shape index (κ3) is 3.57. The minimum absolute atomic E-state index is 0.0125. The summed E-state index contributed by atoms with van der Waals surface area (Å²) in [5.41, 5.74) is 0.749. The second-order valence-electron chi connectivity index (χ2n) is 4.41. The van der Waals surface area contributed by atoms with Crippen molar-refractivity contribution in [3.05, 3.63) is 50.7 Å². The predicted molar refractivity (Wildman–Crippen MR) is 78.6 cm³/mol. The molecule has 0 spiro atoms. The lowest BCUT2D eigenvalue weighted by Crippen LogP contribution is -2.12. The van der Waals surface area contributed by atoms with E-state index >= 15 is 0 Å². The molecule has 21 heavy (non-hydrogen) atoms. The molecule has 7 nitrogen and oxygen atoms in total. The zero-order chi connectivity index (χ0) is 15.4. The van der Waals surface area contributed by atoms with Gasteiger partial charge in [0, 0.05) is 23.4 Å². The Hall–Kier alpha value is -2.41. The van der Waals surface area contributed by atoms with E-state index in [0.717, 1.165) is 24.6 Å². The van der Waals surface area contributed by atoms with Gasteiger partial charge < -0.3 is 5.32 Å². The number of carbonyl (C=O) groups is 1. The second-order valence-corrected chi connectivity index (χ2v) is 4.81. The second kappa shape index (κ2) is 6.36. The first-order valence-corrected chi connectivity index (χ1v) is 6.68. The smallest absolute Gasteiger partial charge is 0.288 e. The lowest BCUT2D eigenvalue weighted by atomic mass is 10.2. The van der Waals surface area contributed by atoms with Gasteiger partial charge in [0.2, 0.25) is 0 Å². The molecule has 1 aromatic heterocycles. The molecule has 0 fully saturated rings. The van der Waals surface area contributed by atoms with E-state index in [2.05, 4.69) is 15.5 Å². The number of rotatable bonds is 5. The van der Waals surface area contributed by atoms with Gasteiger partial charge in [-0.25, -0.2) is 0 Å². The molecule has 0 saturated heterocycles. The van der Waals surface area contributed by atoms with Crippen LogP contribution in [0, 0.1) is 10.1 Å². The van der Waals surface area contributed by atoms with Crippen molar-refractivity contribution >= 4 is 29.0 Å². The maximum Gasteiger partial charge on any atom is 0.288 e. The van der Waals surface area contributed by atoms with Crippen LogP contribution in [0.2, 0.25) is 5.02 Å². The van der Waals surface area contributed by atoms with Crippen LogP contribution in [0.15, 0.2) is 24.3 Å². The van der Waals surface area contributed by atoms with Crippen molar-refractivity contribution in [1.82, 2.24) is 10.2 Å². The van der Waals surface area contributed by atoms with Crippen molar-refractivity contribution in [3.63, 3.8) is 0 Å². The summed E-state index contributed by atoms with van der Waals surface area (Å²) in [5.74, 6) is -0.106. The van der Waals surface area contributed by atoms with E-state index in [-0.39, 0.29) is 16.3 Å². The van der Waals surface area contributed by atoms with Crippen LogP contribution in [0.3, 0.4) is 0 Å². The van der Waals surface area contributed by atoms with E-state index in [9.17, 15) is 14.9 Å². The van der Waals surface area contributed by atoms with Crippen LogP contribution in [0.25, 0.3) is 0 Å². The standard InChI is InChI=1S/C13H13ClN4O3/c1-2-3-9-7-12(17-16-9)15-13(19)8-4-5-10(14)11(6-8)18(20)21/h4-7H,2-3H2,1H3,(H2,15,16,17,19). The fraction of sp³-hybridized carbons (Fsp3) is 0.231. The molecule has 1 heterocycles. The molecule has 0 saturated carbocycles. The summed E-state index contributed by atoms with van der Waals surface area (Å²) < 4.78 is 0. The van der Waals surface area contributed by atoms with Gasteiger partial charge in [0.25, 0.3) is 11.6 Å². The Kier molecular flexibility index (Phi) is 4.54. The maximum atomic E-state index is 12.0. The average molecular weight is 309 g/mol. The average Bonchev–Trinajstić information content (AvgIpc) is 2.86. The van der Waals surface area contributed by atoms with Gasteiger partial charge in [0.1, 0.15) is 5.02 Å². The number of nitro groups is 1. The van der Waals surface area contributed by atoms with Gasteiger partial charge in [-0.1, -0.05) is 24.9 Å². The SMILES string of the molecule is CCCc1cc(NC(=O)c2ccc(Cl)c([N+](=O)[O-])c2)n[nH]1. The molecule has 1 amide bonds. The monoisotopic (exact) mass is 308 g/mol. The summed E-state index contributed by atoms with van der Waals surface area (Å²) >= 11 is 5.70. The molecule has 2 aromatic rings. The number of aromatic amines is 1. The summed E-state index contributed by atoms with van der Waals surface area (Å²) in [6, 6.07) is 5.61. The first-order chi connectivity index (χ1) is 10.0. The minimum atomic E-state index is -0.632. The van der Waals surface area contributed by atoms with Crippen LogP contribution in [0.4, 0.5) is 11.5 Å². The van der Waals surface area contributed by atoms with E-state index in [1.165, 1.54) is 12.1 Å². The molecule has 8 heteroatoms. The van der Waals surface area contributed by atoms with Crippen molar-refractivity contribution in [2.75, 3.05) is 5.32 Å². The molecule has 0 atom stereocenters. The highest BCUT2D eigenvalue weighted by molar-refractivity contribution is 6.32. The van der Waals surface area contributed by atoms with Crippen molar-refractivity contribution in [2.45, 2.75) is 19.8 Å². The van der Waals surface area contributed by atoms with Gasteiger partial charge >= 0.3 is 0 Å². The third-order valence-corrected chi connectivity index (χ3v) is 3.12. The fourth-order valence-electron chi connectivity index (χ4n) is 1.81. The highest BCUT2D eigenvalue weighted by Crippen LogP contribution is 2.25. The normalized spacial score (nSPS) is 10.4. The molecule has 0 aliphatic rings. The van der Waals surface area contributed by atoms with E-state index in [0.29, 0.717) is 5.82 Å². The largest absolute Gasteiger partial charge is 0.305 e. The molecule has 2 rings (SSSR count). The number of amides is 1. The zero-order valence-electron chi connectivity index (χ0n) is 11.2. The molecular formula is C13H13ClN4O3. The Bertz CT molecular complexity index is 684. The van der Waals surface area contributed by atoms with Crippen molar-refractivity contribution in [3.8, 4) is 0 Å². The number of aromatic nitrogens is 2. The van der Waals surface area contributed by atoms with Crippen molar-refractivity contribution in [1.29, 1.82) is 0 Å². The quantitative estimate of drug-likeness (QED) is 0.654. The molecule has 0 aliphatic heterocycles. The van der Waals surface area contributed by atoms with Crippen molar-refractivity contribution in [2.24, 2.45) is 0 Å². The summed E-state index contributed by atoms with van der Waals surface area (Å²) in [4.78, 5) is 22.2. The first-order valence-electron chi connectivity index (χ1n) is 6.31. The minimum Gasteiger partial charge on any atom is -0.305 e. The van der Waals surface area contributed by atoms with Crippen LogP contribution in [0.1, 0.15) is 29.4 Å². The number of hydrogen-bond donors (Lipinski definition) is 2. The van der Waals surface area contributed by atoms with Gasteiger partial charge in [-0.2, -0.15) is 5.10 Å². The number of carbonyl (C=O) groups excluding carboxylic acids is 1. The van der Waals surface area contributed by atoms with E-state index < -0.39 is 10.8 Å². The lowest BCUT2D eigenvalue weighted by Gasteiger charge is -2.02. The molecule has 0 aliphatic carbocycles. The van der Waals surface area contributed by atoms with Gasteiger partial charge in [-0.3, -0.25) is 20.0 Å². The Morgan fingerprint density at radius 2 is 2.24 bits per heavy atom. The molecular weight excluding hydrogens is 296 g/mol. The Balaban J connectivity index is 2.16. The van der Waals surface area contributed by atoms with Crippen LogP contribution >= 0.6 is 11.6 Å². The highest BCUT2D eigenvalue weighted by Gasteiger charge is 2.16. The number of halogens is 1. The summed E-state index contributed by atoms with van der Waals surface area (Å²) in [6.07, 6.45) is 1.79. The number of nitrogens with zero attached hydrogens (tertiary/aromatic N) is 2. The summed E-state index contributed by atoms with van der Waals surface area (Å²) in [7, 11) is 0. The topological polar surface area (TPSA) is 101 Å². The fourth-order valence-corrected chi connectivity index (χ4v) is 1.99. The molecule has 0 radical (unpaired) electrons. The van der Waals surface area contributed by atoms with Crippen LogP contribution in [-0.2, 0) is 6.42 Å². The van der Waals surface area contributed by atoms with E-state index in [1.807, 2.05) is 6.92 Å². The number of hydrogen-bond acceptors (Lipinski definition) is 4. The number of H-pyrrole nitrogens is 1. The number of benzene rings is 1. The summed E-state index contributed by atoms with van der Waals surface area (Å²) in [5, 5.41) is 20.1. The number of nitro benzene ring substituents is 1. The molecule has 0 unspecified atom stereocenters. The predicted octanol–water partition coefficient (Wildman–Crippen LogP) is 3.18. The Morgan fingerprint density at radius 1 is 1.48 bits per heavy atom. The summed E-state index contributed by atoms with van der Waals surface area (Å²) in [6.45, 7) is 2.03. The first kappa shape index (κ1) is 15.0. The van der Waals surface area contributed by atoms with Crippen molar-refractivity contribution < 1.29 is 9.72 Å². The van der Waals surface area contributed by atoms with Crippen LogP contribution in [0.5, 0.6) is 0 Å². The van der Waals surface area contributed by atoms with E-state index in [1.54, 1.807) is 6.07 Å². The molecule has 1 aromatic carbocycles. The number of nitrogens with one attached hydrogen (secondary N) is 2. The van der Waals surface area contributed by atoms with Crippen LogP contribution in [-0.4, -0.2) is 21.0 Å². The van der Waals surface area contributed by atoms with Gasteiger partial charge in [-0.05, 0) is 18.6 Å². The van der Waals surface area contributed by atoms with Gasteiger partial charge in [-0.15, -0.1) is 0 Å². The van der Waals surface area contributed by atoms with Crippen LogP contribution < -0.4 is 5.32 Å². The Morgan fingerprint density at radius 3 is 2.90 bits per heavy atom. The lowest BCUT2D eigenvalue weighted by molar-refractivity contribution is -0.384. The highest BCUT2D eigenvalue weighted by atomic mass is 35.5. The van der Waals surface area contributed by atoms with Gasteiger partial charge in [0.15, 0.2) is 5.82 Å². The third-order valence-electron chi connectivity index (χ3n) is 2.80.